The van der Waals surface area contributed by atoms with Crippen LogP contribution >= 0.6 is 23.4 Å². The Kier molecular flexibility index (Phi) is 5.14. The molecule has 0 bridgehead atoms. The Balaban J connectivity index is 2.18. The summed E-state index contributed by atoms with van der Waals surface area (Å²) in [5.74, 6) is -2.11. The van der Waals surface area contributed by atoms with Crippen LogP contribution in [-0.4, -0.2) is 29.6 Å². The number of rotatable bonds is 5. The molecule has 0 aliphatic carbocycles. The number of aromatic nitrogens is 3. The first-order chi connectivity index (χ1) is 10.2. The molecular formula is C11H9ClF2N4O2S2. The van der Waals surface area contributed by atoms with E-state index in [4.69, 9.17) is 11.6 Å². The summed E-state index contributed by atoms with van der Waals surface area (Å²) in [6, 6.07) is 3.81. The van der Waals surface area contributed by atoms with E-state index < -0.39 is 21.7 Å². The maximum atomic E-state index is 13.5. The first-order valence-electron chi connectivity index (χ1n) is 5.69. The standard InChI is InChI=1S/C11H9ClF2N4O2S2/c1-22(19,20)18-10-15-9(12)16-11(17-10)21-5-6-3-2-4-7(13)8(6)14/h2-4H,5H2,1H3,(H,15,16,17,18). The molecule has 0 spiro atoms. The fraction of sp³-hybridized carbons (Fsp3) is 0.182. The number of halogens is 3. The zero-order valence-electron chi connectivity index (χ0n) is 11.0. The fourth-order valence-corrected chi connectivity index (χ4v) is 2.85. The molecule has 0 radical (unpaired) electrons. The Labute approximate surface area is 134 Å². The average Bonchev–Trinajstić information content (AvgIpc) is 2.38. The number of anilines is 1. The molecule has 0 amide bonds. The van der Waals surface area contributed by atoms with Crippen LogP contribution in [0, 0.1) is 11.6 Å². The maximum absolute atomic E-state index is 13.5. The molecule has 0 atom stereocenters. The number of benzene rings is 1. The van der Waals surface area contributed by atoms with E-state index in [9.17, 15) is 17.2 Å². The predicted molar refractivity (Wildman–Crippen MR) is 79.2 cm³/mol. The van der Waals surface area contributed by atoms with Crippen molar-refractivity contribution >= 4 is 39.3 Å². The minimum Gasteiger partial charge on any atom is -0.251 e. The minimum absolute atomic E-state index is 0.0439. The molecule has 0 saturated heterocycles. The molecule has 1 aromatic carbocycles. The van der Waals surface area contributed by atoms with Crippen LogP contribution < -0.4 is 4.72 Å². The molecule has 0 unspecified atom stereocenters. The van der Waals surface area contributed by atoms with E-state index in [1.165, 1.54) is 12.1 Å². The highest BCUT2D eigenvalue weighted by Crippen LogP contribution is 2.23. The Hall–Kier alpha value is -1.52. The van der Waals surface area contributed by atoms with E-state index >= 15 is 0 Å². The van der Waals surface area contributed by atoms with Crippen LogP contribution in [-0.2, 0) is 15.8 Å². The Morgan fingerprint density at radius 1 is 1.27 bits per heavy atom. The zero-order valence-corrected chi connectivity index (χ0v) is 13.4. The lowest BCUT2D eigenvalue weighted by Gasteiger charge is -2.06. The molecule has 0 fully saturated rings. The van der Waals surface area contributed by atoms with Crippen molar-refractivity contribution in [1.82, 2.24) is 15.0 Å². The molecular weight excluding hydrogens is 358 g/mol. The zero-order chi connectivity index (χ0) is 16.3. The fourth-order valence-electron chi connectivity index (χ4n) is 1.41. The minimum atomic E-state index is -3.57. The van der Waals surface area contributed by atoms with Crippen LogP contribution in [0.15, 0.2) is 23.4 Å². The molecule has 1 N–H and O–H groups in total. The van der Waals surface area contributed by atoms with Crippen LogP contribution in [0.25, 0.3) is 0 Å². The van der Waals surface area contributed by atoms with Crippen molar-refractivity contribution in [2.24, 2.45) is 0 Å². The van der Waals surface area contributed by atoms with Gasteiger partial charge >= 0.3 is 0 Å². The molecule has 118 valence electrons. The van der Waals surface area contributed by atoms with Crippen LogP contribution in [0.1, 0.15) is 5.56 Å². The number of hydrogen-bond donors (Lipinski definition) is 1. The van der Waals surface area contributed by atoms with Crippen molar-refractivity contribution < 1.29 is 17.2 Å². The van der Waals surface area contributed by atoms with E-state index in [0.29, 0.717) is 0 Å². The van der Waals surface area contributed by atoms with E-state index in [-0.39, 0.29) is 27.7 Å². The monoisotopic (exact) mass is 366 g/mol. The molecule has 2 aromatic rings. The number of hydrogen-bond acceptors (Lipinski definition) is 6. The first kappa shape index (κ1) is 16.8. The van der Waals surface area contributed by atoms with Gasteiger partial charge in [0.15, 0.2) is 16.8 Å². The summed E-state index contributed by atoms with van der Waals surface area (Å²) in [5.41, 5.74) is 0.124. The van der Waals surface area contributed by atoms with Gasteiger partial charge in [0.05, 0.1) is 6.26 Å². The van der Waals surface area contributed by atoms with Crippen LogP contribution in [0.5, 0.6) is 0 Å². The third kappa shape index (κ3) is 4.75. The summed E-state index contributed by atoms with van der Waals surface area (Å²) in [6.45, 7) is 0. The lowest BCUT2D eigenvalue weighted by atomic mass is 10.2. The summed E-state index contributed by atoms with van der Waals surface area (Å²) >= 11 is 6.64. The van der Waals surface area contributed by atoms with Gasteiger partial charge in [-0.1, -0.05) is 23.9 Å². The van der Waals surface area contributed by atoms with Gasteiger partial charge in [0.2, 0.25) is 21.3 Å². The molecule has 11 heteroatoms. The van der Waals surface area contributed by atoms with Crippen LogP contribution in [0.3, 0.4) is 0 Å². The second-order valence-electron chi connectivity index (χ2n) is 4.09. The van der Waals surface area contributed by atoms with Gasteiger partial charge in [0.1, 0.15) is 0 Å². The van der Waals surface area contributed by atoms with Gasteiger partial charge in [0.25, 0.3) is 0 Å². The van der Waals surface area contributed by atoms with Gasteiger partial charge in [-0.2, -0.15) is 15.0 Å². The predicted octanol–water partition coefficient (Wildman–Crippen LogP) is 2.47. The van der Waals surface area contributed by atoms with Crippen molar-refractivity contribution in [2.75, 3.05) is 11.0 Å². The molecule has 0 aliphatic heterocycles. The third-order valence-electron chi connectivity index (χ3n) is 2.25. The summed E-state index contributed by atoms with van der Waals surface area (Å²) in [5, 5.41) is -0.141. The van der Waals surface area contributed by atoms with Crippen molar-refractivity contribution in [3.8, 4) is 0 Å². The Bertz CT molecular complexity index is 805. The highest BCUT2D eigenvalue weighted by Gasteiger charge is 2.12. The number of thioether (sulfide) groups is 1. The molecule has 1 heterocycles. The lowest BCUT2D eigenvalue weighted by molar-refractivity contribution is 0.502. The lowest BCUT2D eigenvalue weighted by Crippen LogP contribution is -2.13. The third-order valence-corrected chi connectivity index (χ3v) is 3.87. The first-order valence-corrected chi connectivity index (χ1v) is 8.95. The Morgan fingerprint density at radius 3 is 2.68 bits per heavy atom. The molecule has 0 saturated carbocycles. The smallest absolute Gasteiger partial charge is 0.241 e. The molecule has 6 nitrogen and oxygen atoms in total. The molecule has 0 aliphatic rings. The van der Waals surface area contributed by atoms with Gasteiger partial charge in [-0.3, -0.25) is 4.72 Å². The molecule has 1 aromatic heterocycles. The highest BCUT2D eigenvalue weighted by molar-refractivity contribution is 7.98. The summed E-state index contributed by atoms with van der Waals surface area (Å²) in [6.07, 6.45) is 0.930. The largest absolute Gasteiger partial charge is 0.251 e. The van der Waals surface area contributed by atoms with E-state index in [2.05, 4.69) is 19.7 Å². The van der Waals surface area contributed by atoms with E-state index in [1.54, 1.807) is 0 Å². The van der Waals surface area contributed by atoms with Gasteiger partial charge in [-0.05, 0) is 17.7 Å². The maximum Gasteiger partial charge on any atom is 0.241 e. The average molecular weight is 367 g/mol. The van der Waals surface area contributed by atoms with Crippen molar-refractivity contribution in [3.63, 3.8) is 0 Å². The van der Waals surface area contributed by atoms with Gasteiger partial charge in [-0.25, -0.2) is 17.2 Å². The van der Waals surface area contributed by atoms with Crippen LogP contribution in [0.2, 0.25) is 5.28 Å². The van der Waals surface area contributed by atoms with E-state index in [1.807, 2.05) is 0 Å². The SMILES string of the molecule is CS(=O)(=O)Nc1nc(Cl)nc(SCc2cccc(F)c2F)n1. The second-order valence-corrected chi connectivity index (χ2v) is 7.12. The summed E-state index contributed by atoms with van der Waals surface area (Å²) in [4.78, 5) is 11.2. The van der Waals surface area contributed by atoms with Gasteiger partial charge in [0, 0.05) is 11.3 Å². The van der Waals surface area contributed by atoms with Crippen molar-refractivity contribution in [3.05, 3.63) is 40.7 Å². The topological polar surface area (TPSA) is 84.8 Å². The second kappa shape index (κ2) is 6.71. The van der Waals surface area contributed by atoms with Crippen molar-refractivity contribution in [1.29, 1.82) is 0 Å². The van der Waals surface area contributed by atoms with Crippen molar-refractivity contribution in [2.45, 2.75) is 10.9 Å². The summed E-state index contributed by atoms with van der Waals surface area (Å²) < 4.78 is 50.9. The van der Waals surface area contributed by atoms with Gasteiger partial charge < -0.3 is 0 Å². The quantitative estimate of drug-likeness (QED) is 0.818. The van der Waals surface area contributed by atoms with E-state index in [0.717, 1.165) is 24.1 Å². The molecule has 2 rings (SSSR count). The highest BCUT2D eigenvalue weighted by atomic mass is 35.5. The molecule has 22 heavy (non-hydrogen) atoms. The summed E-state index contributed by atoms with van der Waals surface area (Å²) in [7, 11) is -3.57. The number of sulfonamides is 1. The van der Waals surface area contributed by atoms with Gasteiger partial charge in [-0.15, -0.1) is 0 Å². The number of nitrogens with one attached hydrogen (secondary N) is 1. The normalized spacial score (nSPS) is 11.5. The number of nitrogens with zero attached hydrogens (tertiary/aromatic N) is 3. The van der Waals surface area contributed by atoms with Crippen LogP contribution in [0.4, 0.5) is 14.7 Å². The Morgan fingerprint density at radius 2 is 2.00 bits per heavy atom.